The molecule has 1 spiro atoms. The number of thiazole rings is 1. The first-order valence-electron chi connectivity index (χ1n) is 8.73. The van der Waals surface area contributed by atoms with Gasteiger partial charge in [-0.2, -0.15) is 0 Å². The van der Waals surface area contributed by atoms with E-state index in [2.05, 4.69) is 50.0 Å². The molecule has 0 unspecified atom stereocenters. The minimum atomic E-state index is -0.308. The lowest BCUT2D eigenvalue weighted by Crippen LogP contribution is -2.60. The lowest BCUT2D eigenvalue weighted by atomic mass is 9.85. The van der Waals surface area contributed by atoms with Crippen LogP contribution in [0.3, 0.4) is 0 Å². The molecule has 2 aromatic rings. The SMILES string of the molecule is Cc1nc2sccn2c1CN1CCC2(CC1)C(=O)NCCCN2C. The van der Waals surface area contributed by atoms with Crippen LogP contribution in [0, 0.1) is 6.92 Å². The van der Waals surface area contributed by atoms with Gasteiger partial charge in [0, 0.05) is 44.3 Å². The molecule has 4 heterocycles. The van der Waals surface area contributed by atoms with Gasteiger partial charge in [0.15, 0.2) is 4.96 Å². The van der Waals surface area contributed by atoms with Crippen LogP contribution in [0.15, 0.2) is 11.6 Å². The van der Waals surface area contributed by atoms with Crippen LogP contribution < -0.4 is 5.32 Å². The summed E-state index contributed by atoms with van der Waals surface area (Å²) in [4.78, 5) is 23.1. The van der Waals surface area contributed by atoms with Crippen LogP contribution in [-0.2, 0) is 11.3 Å². The van der Waals surface area contributed by atoms with Crippen molar-refractivity contribution in [3.63, 3.8) is 0 Å². The molecule has 0 radical (unpaired) electrons. The molecule has 1 N–H and O–H groups in total. The summed E-state index contributed by atoms with van der Waals surface area (Å²) in [5.74, 6) is 0.225. The number of carbonyl (C=O) groups is 1. The molecular formula is C17H25N5OS. The van der Waals surface area contributed by atoms with Crippen LogP contribution in [0.5, 0.6) is 0 Å². The Kier molecular flexibility index (Phi) is 4.10. The molecule has 2 aromatic heterocycles. The topological polar surface area (TPSA) is 52.9 Å². The number of carbonyl (C=O) groups excluding carboxylic acids is 1. The first kappa shape index (κ1) is 16.1. The fourth-order valence-electron chi connectivity index (χ4n) is 4.10. The molecule has 2 aliphatic heterocycles. The van der Waals surface area contributed by atoms with Crippen LogP contribution in [0.4, 0.5) is 0 Å². The smallest absolute Gasteiger partial charge is 0.240 e. The maximum atomic E-state index is 12.6. The number of aromatic nitrogens is 2. The van der Waals surface area contributed by atoms with Crippen molar-refractivity contribution in [1.29, 1.82) is 0 Å². The third kappa shape index (κ3) is 2.55. The Hall–Kier alpha value is -1.44. The zero-order chi connectivity index (χ0) is 16.7. The molecule has 4 rings (SSSR count). The summed E-state index contributed by atoms with van der Waals surface area (Å²) in [7, 11) is 2.11. The van der Waals surface area contributed by atoms with Crippen LogP contribution in [-0.4, -0.2) is 63.9 Å². The van der Waals surface area contributed by atoms with Crippen molar-refractivity contribution in [2.45, 2.75) is 38.3 Å². The lowest BCUT2D eigenvalue weighted by molar-refractivity contribution is -0.134. The molecule has 24 heavy (non-hydrogen) atoms. The molecule has 6 nitrogen and oxygen atoms in total. The molecule has 0 aliphatic carbocycles. The first-order chi connectivity index (χ1) is 11.6. The fraction of sp³-hybridized carbons (Fsp3) is 0.647. The van der Waals surface area contributed by atoms with Crippen molar-refractivity contribution in [2.24, 2.45) is 0 Å². The van der Waals surface area contributed by atoms with E-state index >= 15 is 0 Å². The second-order valence-corrected chi connectivity index (χ2v) is 7.91. The van der Waals surface area contributed by atoms with Gasteiger partial charge in [-0.05, 0) is 33.2 Å². The lowest BCUT2D eigenvalue weighted by Gasteiger charge is -2.45. The molecule has 2 aliphatic rings. The number of likely N-dealkylation sites (N-methyl/N-ethyl adjacent to an activating group) is 1. The predicted molar refractivity (Wildman–Crippen MR) is 95.3 cm³/mol. The van der Waals surface area contributed by atoms with Crippen LogP contribution >= 0.6 is 11.3 Å². The van der Waals surface area contributed by atoms with Gasteiger partial charge in [0.2, 0.25) is 5.91 Å². The summed E-state index contributed by atoms with van der Waals surface area (Å²) >= 11 is 1.68. The van der Waals surface area contributed by atoms with E-state index in [1.165, 1.54) is 5.69 Å². The molecule has 130 valence electrons. The van der Waals surface area contributed by atoms with Gasteiger partial charge in [-0.15, -0.1) is 11.3 Å². The molecular weight excluding hydrogens is 322 g/mol. The van der Waals surface area contributed by atoms with Crippen molar-refractivity contribution >= 4 is 22.2 Å². The van der Waals surface area contributed by atoms with E-state index in [1.54, 1.807) is 11.3 Å². The summed E-state index contributed by atoms with van der Waals surface area (Å²) < 4.78 is 2.20. The van der Waals surface area contributed by atoms with Crippen molar-refractivity contribution in [3.05, 3.63) is 23.0 Å². The average molecular weight is 347 g/mol. The number of fused-ring (bicyclic) bond motifs is 1. The van der Waals surface area contributed by atoms with Gasteiger partial charge in [-0.1, -0.05) is 0 Å². The highest BCUT2D eigenvalue weighted by molar-refractivity contribution is 7.15. The Morgan fingerprint density at radius 1 is 1.33 bits per heavy atom. The number of nitrogens with one attached hydrogen (secondary N) is 1. The van der Waals surface area contributed by atoms with E-state index < -0.39 is 0 Å². The maximum Gasteiger partial charge on any atom is 0.240 e. The summed E-state index contributed by atoms with van der Waals surface area (Å²) in [6, 6.07) is 0. The molecule has 2 saturated heterocycles. The number of nitrogens with zero attached hydrogens (tertiary/aromatic N) is 4. The van der Waals surface area contributed by atoms with Gasteiger partial charge in [-0.3, -0.25) is 19.0 Å². The molecule has 0 aromatic carbocycles. The largest absolute Gasteiger partial charge is 0.354 e. The van der Waals surface area contributed by atoms with Gasteiger partial charge in [0.25, 0.3) is 0 Å². The van der Waals surface area contributed by atoms with Gasteiger partial charge < -0.3 is 5.32 Å². The molecule has 1 amide bonds. The number of imidazole rings is 1. The number of rotatable bonds is 2. The van der Waals surface area contributed by atoms with Crippen LogP contribution in [0.1, 0.15) is 30.7 Å². The Morgan fingerprint density at radius 2 is 2.12 bits per heavy atom. The highest BCUT2D eigenvalue weighted by Gasteiger charge is 2.45. The number of hydrogen-bond donors (Lipinski definition) is 1. The zero-order valence-corrected chi connectivity index (χ0v) is 15.2. The summed E-state index contributed by atoms with van der Waals surface area (Å²) in [6.07, 6.45) is 4.95. The number of hydrogen-bond acceptors (Lipinski definition) is 5. The third-order valence-corrected chi connectivity index (χ3v) is 6.48. The summed E-state index contributed by atoms with van der Waals surface area (Å²) in [6.45, 7) is 6.71. The highest BCUT2D eigenvalue weighted by atomic mass is 32.1. The van der Waals surface area contributed by atoms with E-state index in [4.69, 9.17) is 0 Å². The third-order valence-electron chi connectivity index (χ3n) is 5.73. The zero-order valence-electron chi connectivity index (χ0n) is 14.4. The Labute approximate surface area is 146 Å². The Bertz CT molecular complexity index is 743. The van der Waals surface area contributed by atoms with Gasteiger partial charge in [0.05, 0.1) is 11.4 Å². The Balaban J connectivity index is 1.49. The van der Waals surface area contributed by atoms with E-state index in [0.717, 1.165) is 62.6 Å². The van der Waals surface area contributed by atoms with Gasteiger partial charge >= 0.3 is 0 Å². The minimum absolute atomic E-state index is 0.225. The van der Waals surface area contributed by atoms with Crippen molar-refractivity contribution < 1.29 is 4.79 Å². The molecule has 0 saturated carbocycles. The van der Waals surface area contributed by atoms with Crippen molar-refractivity contribution in [3.8, 4) is 0 Å². The van der Waals surface area contributed by atoms with Crippen LogP contribution in [0.2, 0.25) is 0 Å². The number of amides is 1. The fourth-order valence-corrected chi connectivity index (χ4v) is 4.88. The van der Waals surface area contributed by atoms with Crippen molar-refractivity contribution in [1.82, 2.24) is 24.5 Å². The molecule has 0 atom stereocenters. The summed E-state index contributed by atoms with van der Waals surface area (Å²) in [5.41, 5.74) is 2.09. The quantitative estimate of drug-likeness (QED) is 0.894. The summed E-state index contributed by atoms with van der Waals surface area (Å²) in [5, 5.41) is 5.20. The van der Waals surface area contributed by atoms with Gasteiger partial charge in [0.1, 0.15) is 5.54 Å². The molecule has 7 heteroatoms. The second kappa shape index (κ2) is 6.13. The number of aryl methyl sites for hydroxylation is 1. The minimum Gasteiger partial charge on any atom is -0.354 e. The Morgan fingerprint density at radius 3 is 2.92 bits per heavy atom. The molecule has 2 fully saturated rings. The second-order valence-electron chi connectivity index (χ2n) is 7.04. The number of likely N-dealkylation sites (tertiary alicyclic amines) is 1. The highest BCUT2D eigenvalue weighted by Crippen LogP contribution is 2.31. The predicted octanol–water partition coefficient (Wildman–Crippen LogP) is 1.49. The average Bonchev–Trinajstić information content (AvgIpc) is 3.10. The first-order valence-corrected chi connectivity index (χ1v) is 9.61. The van der Waals surface area contributed by atoms with Gasteiger partial charge in [-0.25, -0.2) is 4.98 Å². The normalized spacial score (nSPS) is 22.8. The van der Waals surface area contributed by atoms with E-state index in [-0.39, 0.29) is 11.4 Å². The van der Waals surface area contributed by atoms with Crippen LogP contribution in [0.25, 0.3) is 4.96 Å². The standard InChI is InChI=1S/C17H25N5OS/c1-13-14(22-10-11-24-16(22)19-13)12-21-8-4-17(5-9-21)15(23)18-6-3-7-20(17)2/h10-11H,3-9,12H2,1-2H3,(H,18,23). The van der Waals surface area contributed by atoms with E-state index in [1.807, 2.05) is 0 Å². The van der Waals surface area contributed by atoms with E-state index in [9.17, 15) is 4.79 Å². The van der Waals surface area contributed by atoms with Crippen molar-refractivity contribution in [2.75, 3.05) is 33.2 Å². The maximum absolute atomic E-state index is 12.6. The number of piperidine rings is 1. The molecule has 0 bridgehead atoms. The van der Waals surface area contributed by atoms with E-state index in [0.29, 0.717) is 0 Å². The monoisotopic (exact) mass is 347 g/mol.